The minimum Gasteiger partial charge on any atom is -0.352 e. The van der Waals surface area contributed by atoms with Crippen LogP contribution in [0.1, 0.15) is 16.8 Å². The Kier molecular flexibility index (Phi) is 5.58. The maximum absolute atomic E-state index is 13.4. The number of rotatable bonds is 5. The monoisotopic (exact) mass is 301 g/mol. The Morgan fingerprint density at radius 3 is 2.43 bits per heavy atom. The SMILES string of the molecule is O=C(NCCCN1CCNCC1)c1c(F)cc(F)cc1F. The second kappa shape index (κ2) is 7.42. The highest BCUT2D eigenvalue weighted by Crippen LogP contribution is 2.14. The first-order valence-corrected chi connectivity index (χ1v) is 6.94. The van der Waals surface area contributed by atoms with Gasteiger partial charge in [-0.25, -0.2) is 13.2 Å². The van der Waals surface area contributed by atoms with E-state index in [9.17, 15) is 18.0 Å². The smallest absolute Gasteiger partial charge is 0.257 e. The molecule has 1 saturated heterocycles. The van der Waals surface area contributed by atoms with Crippen LogP contribution < -0.4 is 10.6 Å². The molecular formula is C14H18F3N3O. The molecule has 1 amide bonds. The Balaban J connectivity index is 1.79. The topological polar surface area (TPSA) is 44.4 Å². The molecule has 0 saturated carbocycles. The Morgan fingerprint density at radius 2 is 1.81 bits per heavy atom. The fourth-order valence-electron chi connectivity index (χ4n) is 2.29. The van der Waals surface area contributed by atoms with E-state index in [-0.39, 0.29) is 0 Å². The van der Waals surface area contributed by atoms with Gasteiger partial charge in [0, 0.05) is 44.9 Å². The van der Waals surface area contributed by atoms with Crippen molar-refractivity contribution in [3.05, 3.63) is 35.1 Å². The Labute approximate surface area is 121 Å². The molecule has 7 heteroatoms. The minimum absolute atomic E-state index is 0.318. The second-order valence-electron chi connectivity index (χ2n) is 4.95. The molecule has 0 bridgehead atoms. The Hall–Kier alpha value is -1.60. The third-order valence-electron chi connectivity index (χ3n) is 3.38. The fraction of sp³-hybridized carbons (Fsp3) is 0.500. The summed E-state index contributed by atoms with van der Waals surface area (Å²) in [5, 5.41) is 5.69. The van der Waals surface area contributed by atoms with Crippen molar-refractivity contribution in [3.8, 4) is 0 Å². The van der Waals surface area contributed by atoms with Gasteiger partial charge in [-0.05, 0) is 13.0 Å². The van der Waals surface area contributed by atoms with Crippen LogP contribution in [0.3, 0.4) is 0 Å². The molecule has 116 valence electrons. The van der Waals surface area contributed by atoms with Gasteiger partial charge >= 0.3 is 0 Å². The first kappa shape index (κ1) is 15.8. The summed E-state index contributed by atoms with van der Waals surface area (Å²) in [7, 11) is 0. The van der Waals surface area contributed by atoms with Crippen LogP contribution in [0.5, 0.6) is 0 Å². The second-order valence-corrected chi connectivity index (χ2v) is 4.95. The zero-order valence-electron chi connectivity index (χ0n) is 11.6. The zero-order valence-corrected chi connectivity index (χ0v) is 11.6. The van der Waals surface area contributed by atoms with E-state index in [4.69, 9.17) is 0 Å². The average Bonchev–Trinajstić information content (AvgIpc) is 2.43. The van der Waals surface area contributed by atoms with Crippen molar-refractivity contribution in [2.24, 2.45) is 0 Å². The molecular weight excluding hydrogens is 283 g/mol. The third-order valence-corrected chi connectivity index (χ3v) is 3.38. The van der Waals surface area contributed by atoms with E-state index in [1.807, 2.05) is 0 Å². The lowest BCUT2D eigenvalue weighted by Gasteiger charge is -2.27. The van der Waals surface area contributed by atoms with Gasteiger partial charge in [-0.1, -0.05) is 0 Å². The molecule has 0 aliphatic carbocycles. The molecule has 1 aromatic rings. The lowest BCUT2D eigenvalue weighted by atomic mass is 10.1. The molecule has 4 nitrogen and oxygen atoms in total. The lowest BCUT2D eigenvalue weighted by molar-refractivity contribution is 0.0942. The number of carbonyl (C=O) groups is 1. The van der Waals surface area contributed by atoms with Crippen molar-refractivity contribution in [3.63, 3.8) is 0 Å². The molecule has 0 atom stereocenters. The van der Waals surface area contributed by atoms with E-state index in [1.165, 1.54) is 0 Å². The maximum Gasteiger partial charge on any atom is 0.257 e. The quantitative estimate of drug-likeness (QED) is 0.801. The van der Waals surface area contributed by atoms with Gasteiger partial charge in [0.15, 0.2) is 0 Å². The van der Waals surface area contributed by atoms with Crippen molar-refractivity contribution in [1.29, 1.82) is 0 Å². The van der Waals surface area contributed by atoms with Crippen LogP contribution in [0, 0.1) is 17.5 Å². The van der Waals surface area contributed by atoms with E-state index in [2.05, 4.69) is 15.5 Å². The van der Waals surface area contributed by atoms with E-state index in [0.29, 0.717) is 25.1 Å². The van der Waals surface area contributed by atoms with Gasteiger partial charge in [-0.2, -0.15) is 0 Å². The normalized spacial score (nSPS) is 16.0. The zero-order chi connectivity index (χ0) is 15.2. The molecule has 0 radical (unpaired) electrons. The lowest BCUT2D eigenvalue weighted by Crippen LogP contribution is -2.44. The number of hydrogen-bond donors (Lipinski definition) is 2. The molecule has 0 aromatic heterocycles. The summed E-state index contributed by atoms with van der Waals surface area (Å²) in [5.41, 5.74) is -0.737. The van der Waals surface area contributed by atoms with E-state index >= 15 is 0 Å². The number of piperazine rings is 1. The van der Waals surface area contributed by atoms with Crippen LogP contribution in [0.4, 0.5) is 13.2 Å². The first-order chi connectivity index (χ1) is 10.1. The number of nitrogens with one attached hydrogen (secondary N) is 2. The van der Waals surface area contributed by atoms with Gasteiger partial charge in [-0.3, -0.25) is 4.79 Å². The highest BCUT2D eigenvalue weighted by atomic mass is 19.1. The molecule has 0 unspecified atom stereocenters. The first-order valence-electron chi connectivity index (χ1n) is 6.94. The summed E-state index contributed by atoms with van der Waals surface area (Å²) in [6.45, 7) is 4.93. The van der Waals surface area contributed by atoms with Crippen LogP contribution in [0.2, 0.25) is 0 Å². The standard InChI is InChI=1S/C14H18F3N3O/c15-10-8-11(16)13(12(17)9-10)14(21)19-2-1-5-20-6-3-18-4-7-20/h8-9,18H,1-7H2,(H,19,21). The van der Waals surface area contributed by atoms with Gasteiger partial charge in [-0.15, -0.1) is 0 Å². The number of amides is 1. The number of carbonyl (C=O) groups excluding carboxylic acids is 1. The molecule has 2 N–H and O–H groups in total. The Bertz CT molecular complexity index is 481. The van der Waals surface area contributed by atoms with E-state index in [1.54, 1.807) is 0 Å². The summed E-state index contributed by atoms with van der Waals surface area (Å²) < 4.78 is 39.6. The number of hydrogen-bond acceptors (Lipinski definition) is 3. The highest BCUT2D eigenvalue weighted by molar-refractivity contribution is 5.94. The predicted molar refractivity (Wildman–Crippen MR) is 72.6 cm³/mol. The number of nitrogens with zero attached hydrogens (tertiary/aromatic N) is 1. The summed E-state index contributed by atoms with van der Waals surface area (Å²) in [6.07, 6.45) is 0.691. The van der Waals surface area contributed by atoms with Crippen LogP contribution >= 0.6 is 0 Å². The summed E-state index contributed by atoms with van der Waals surface area (Å²) in [6, 6.07) is 0.997. The van der Waals surface area contributed by atoms with Gasteiger partial charge in [0.2, 0.25) is 0 Å². The molecule has 1 aliphatic heterocycles. The molecule has 0 spiro atoms. The van der Waals surface area contributed by atoms with Gasteiger partial charge < -0.3 is 15.5 Å². The summed E-state index contributed by atoms with van der Waals surface area (Å²) >= 11 is 0. The molecule has 2 rings (SSSR count). The van der Waals surface area contributed by atoms with Crippen molar-refractivity contribution >= 4 is 5.91 Å². The molecule has 21 heavy (non-hydrogen) atoms. The van der Waals surface area contributed by atoms with Crippen LogP contribution in [0.15, 0.2) is 12.1 Å². The van der Waals surface area contributed by atoms with Crippen LogP contribution in [-0.4, -0.2) is 50.1 Å². The van der Waals surface area contributed by atoms with Gasteiger partial charge in [0.05, 0.1) is 0 Å². The molecule has 1 heterocycles. The number of benzene rings is 1. The summed E-state index contributed by atoms with van der Waals surface area (Å²) in [5.74, 6) is -4.27. The van der Waals surface area contributed by atoms with E-state index < -0.39 is 28.9 Å². The minimum atomic E-state index is -1.19. The van der Waals surface area contributed by atoms with E-state index in [0.717, 1.165) is 32.7 Å². The van der Waals surface area contributed by atoms with Crippen LogP contribution in [-0.2, 0) is 0 Å². The van der Waals surface area contributed by atoms with Crippen LogP contribution in [0.25, 0.3) is 0 Å². The third kappa shape index (κ3) is 4.44. The average molecular weight is 301 g/mol. The van der Waals surface area contributed by atoms with Gasteiger partial charge in [0.1, 0.15) is 23.0 Å². The van der Waals surface area contributed by atoms with Crippen molar-refractivity contribution < 1.29 is 18.0 Å². The van der Waals surface area contributed by atoms with Crippen molar-refractivity contribution in [2.75, 3.05) is 39.3 Å². The number of halogens is 3. The van der Waals surface area contributed by atoms with Crippen molar-refractivity contribution in [1.82, 2.24) is 15.5 Å². The molecule has 1 aliphatic rings. The Morgan fingerprint density at radius 1 is 1.19 bits per heavy atom. The fourth-order valence-corrected chi connectivity index (χ4v) is 2.29. The largest absolute Gasteiger partial charge is 0.352 e. The maximum atomic E-state index is 13.4. The molecule has 1 aromatic carbocycles. The van der Waals surface area contributed by atoms with Crippen molar-refractivity contribution in [2.45, 2.75) is 6.42 Å². The predicted octanol–water partition coefficient (Wildman–Crippen LogP) is 1.13. The highest BCUT2D eigenvalue weighted by Gasteiger charge is 2.18. The molecule has 1 fully saturated rings. The van der Waals surface area contributed by atoms with Gasteiger partial charge in [0.25, 0.3) is 5.91 Å². The summed E-state index contributed by atoms with van der Waals surface area (Å²) in [4.78, 5) is 14.0.